The maximum atomic E-state index is 12.8. The Kier molecular flexibility index (Phi) is 5.97. The summed E-state index contributed by atoms with van der Waals surface area (Å²) < 4.78 is 2.03. The van der Waals surface area contributed by atoms with Crippen LogP contribution in [0.25, 0.3) is 10.7 Å². The lowest BCUT2D eigenvalue weighted by Crippen LogP contribution is -2.25. The SMILES string of the molecule is CC(C(=O)Nc1ccc(C(=O)N(C)C)c(Cl)c1)n1c(-c2cccs2)n[nH]c1=S. The van der Waals surface area contributed by atoms with Crippen molar-refractivity contribution in [2.45, 2.75) is 13.0 Å². The summed E-state index contributed by atoms with van der Waals surface area (Å²) in [5.41, 5.74) is 0.861. The number of nitrogens with one attached hydrogen (secondary N) is 2. The third kappa shape index (κ3) is 4.01. The number of carbonyl (C=O) groups excluding carboxylic acids is 2. The van der Waals surface area contributed by atoms with E-state index in [9.17, 15) is 9.59 Å². The van der Waals surface area contributed by atoms with Crippen molar-refractivity contribution >= 4 is 52.7 Å². The predicted molar refractivity (Wildman–Crippen MR) is 114 cm³/mol. The van der Waals surface area contributed by atoms with Gasteiger partial charge in [-0.25, -0.2) is 0 Å². The molecule has 2 amide bonds. The van der Waals surface area contributed by atoms with Crippen LogP contribution in [-0.2, 0) is 4.79 Å². The summed E-state index contributed by atoms with van der Waals surface area (Å²) in [7, 11) is 3.30. The zero-order valence-electron chi connectivity index (χ0n) is 15.4. The fourth-order valence-electron chi connectivity index (χ4n) is 2.61. The molecular formula is C18H18ClN5O2S2. The molecule has 10 heteroatoms. The van der Waals surface area contributed by atoms with Gasteiger partial charge in [0.2, 0.25) is 5.91 Å². The quantitative estimate of drug-likeness (QED) is 0.587. The van der Waals surface area contributed by atoms with Gasteiger partial charge in [-0.1, -0.05) is 17.7 Å². The van der Waals surface area contributed by atoms with Gasteiger partial charge in [0, 0.05) is 19.8 Å². The second-order valence-electron chi connectivity index (χ2n) is 6.26. The Morgan fingerprint density at radius 2 is 2.11 bits per heavy atom. The summed E-state index contributed by atoms with van der Waals surface area (Å²) >= 11 is 13.0. The molecule has 28 heavy (non-hydrogen) atoms. The first kappa shape index (κ1) is 20.2. The van der Waals surface area contributed by atoms with E-state index < -0.39 is 6.04 Å². The van der Waals surface area contributed by atoms with Gasteiger partial charge in [0.25, 0.3) is 5.91 Å². The highest BCUT2D eigenvalue weighted by Gasteiger charge is 2.22. The molecule has 3 aromatic rings. The molecule has 0 aliphatic carbocycles. The molecule has 1 unspecified atom stereocenters. The van der Waals surface area contributed by atoms with Crippen LogP contribution in [0.3, 0.4) is 0 Å². The van der Waals surface area contributed by atoms with Gasteiger partial charge in [-0.2, -0.15) is 5.10 Å². The second-order valence-corrected chi connectivity index (χ2v) is 8.00. The minimum atomic E-state index is -0.606. The van der Waals surface area contributed by atoms with Gasteiger partial charge in [-0.3, -0.25) is 19.3 Å². The van der Waals surface area contributed by atoms with Crippen molar-refractivity contribution in [3.63, 3.8) is 0 Å². The fourth-order valence-corrected chi connectivity index (χ4v) is 3.88. The van der Waals surface area contributed by atoms with E-state index in [-0.39, 0.29) is 16.8 Å². The monoisotopic (exact) mass is 435 g/mol. The zero-order valence-corrected chi connectivity index (χ0v) is 17.8. The van der Waals surface area contributed by atoms with Crippen LogP contribution in [0.4, 0.5) is 5.69 Å². The number of hydrogen-bond donors (Lipinski definition) is 2. The molecule has 0 radical (unpaired) electrons. The van der Waals surface area contributed by atoms with Gasteiger partial charge in [-0.15, -0.1) is 11.3 Å². The molecule has 0 saturated heterocycles. The maximum absolute atomic E-state index is 12.8. The van der Waals surface area contributed by atoms with Crippen LogP contribution < -0.4 is 5.32 Å². The number of hydrogen-bond acceptors (Lipinski definition) is 5. The number of benzene rings is 1. The van der Waals surface area contributed by atoms with Crippen molar-refractivity contribution in [1.82, 2.24) is 19.7 Å². The summed E-state index contributed by atoms with van der Waals surface area (Å²) in [5.74, 6) is 0.118. The second kappa shape index (κ2) is 8.26. The van der Waals surface area contributed by atoms with Crippen LogP contribution in [0, 0.1) is 4.77 Å². The Labute approximate surface area is 175 Å². The molecule has 2 aromatic heterocycles. The zero-order chi connectivity index (χ0) is 20.4. The fraction of sp³-hybridized carbons (Fsp3) is 0.222. The van der Waals surface area contributed by atoms with Gasteiger partial charge in [-0.05, 0) is 48.8 Å². The Balaban J connectivity index is 1.83. The van der Waals surface area contributed by atoms with Crippen LogP contribution in [-0.4, -0.2) is 45.6 Å². The molecule has 3 rings (SSSR count). The molecule has 7 nitrogen and oxygen atoms in total. The number of aromatic amines is 1. The van der Waals surface area contributed by atoms with Crippen molar-refractivity contribution in [2.75, 3.05) is 19.4 Å². The Morgan fingerprint density at radius 1 is 1.36 bits per heavy atom. The highest BCUT2D eigenvalue weighted by atomic mass is 35.5. The van der Waals surface area contributed by atoms with Gasteiger partial charge in [0.15, 0.2) is 10.6 Å². The van der Waals surface area contributed by atoms with Crippen molar-refractivity contribution in [1.29, 1.82) is 0 Å². The number of rotatable bonds is 5. The van der Waals surface area contributed by atoms with Crippen LogP contribution in [0.15, 0.2) is 35.7 Å². The first-order valence-electron chi connectivity index (χ1n) is 8.32. The lowest BCUT2D eigenvalue weighted by Gasteiger charge is -2.16. The molecular weight excluding hydrogens is 418 g/mol. The van der Waals surface area contributed by atoms with Gasteiger partial charge < -0.3 is 10.2 Å². The van der Waals surface area contributed by atoms with Gasteiger partial charge in [0.1, 0.15) is 6.04 Å². The van der Waals surface area contributed by atoms with Crippen molar-refractivity contribution in [3.8, 4) is 10.7 Å². The smallest absolute Gasteiger partial charge is 0.254 e. The summed E-state index contributed by atoms with van der Waals surface area (Å²) in [4.78, 5) is 27.2. The highest BCUT2D eigenvalue weighted by molar-refractivity contribution is 7.71. The van der Waals surface area contributed by atoms with Crippen molar-refractivity contribution in [3.05, 3.63) is 51.1 Å². The number of aromatic nitrogens is 3. The predicted octanol–water partition coefficient (Wildman–Crippen LogP) is 4.22. The van der Waals surface area contributed by atoms with E-state index in [4.69, 9.17) is 23.8 Å². The molecule has 1 aromatic carbocycles. The summed E-state index contributed by atoms with van der Waals surface area (Å²) in [6.07, 6.45) is 0. The molecule has 0 saturated carbocycles. The molecule has 1 atom stereocenters. The lowest BCUT2D eigenvalue weighted by molar-refractivity contribution is -0.118. The third-order valence-electron chi connectivity index (χ3n) is 4.09. The standard InChI is InChI=1S/C18H18ClN5O2S2/c1-10(24-15(21-22-18(24)27)14-5-4-8-28-14)16(25)20-11-6-7-12(13(19)9-11)17(26)23(2)3/h4-10H,1-3H3,(H,20,25)(H,22,27). The first-order valence-corrected chi connectivity index (χ1v) is 9.99. The molecule has 0 bridgehead atoms. The van der Waals surface area contributed by atoms with E-state index in [1.165, 1.54) is 16.2 Å². The number of thiophene rings is 1. The lowest BCUT2D eigenvalue weighted by atomic mass is 10.1. The van der Waals surface area contributed by atoms with E-state index in [1.54, 1.807) is 43.8 Å². The van der Waals surface area contributed by atoms with E-state index >= 15 is 0 Å². The summed E-state index contributed by atoms with van der Waals surface area (Å²) in [6, 6.07) is 8.00. The van der Waals surface area contributed by atoms with Crippen LogP contribution in [0.2, 0.25) is 5.02 Å². The molecule has 0 aliphatic heterocycles. The maximum Gasteiger partial charge on any atom is 0.254 e. The average Bonchev–Trinajstić information content (AvgIpc) is 3.30. The Bertz CT molecular complexity index is 1070. The molecule has 0 spiro atoms. The molecule has 146 valence electrons. The Morgan fingerprint density at radius 3 is 2.71 bits per heavy atom. The van der Waals surface area contributed by atoms with Gasteiger partial charge in [0.05, 0.1) is 15.5 Å². The minimum Gasteiger partial charge on any atom is -0.345 e. The number of anilines is 1. The number of carbonyl (C=O) groups is 2. The highest BCUT2D eigenvalue weighted by Crippen LogP contribution is 2.27. The van der Waals surface area contributed by atoms with E-state index in [1.807, 2.05) is 17.5 Å². The molecule has 2 heterocycles. The van der Waals surface area contributed by atoms with Crippen molar-refractivity contribution in [2.24, 2.45) is 0 Å². The number of amides is 2. The largest absolute Gasteiger partial charge is 0.345 e. The average molecular weight is 436 g/mol. The summed E-state index contributed by atoms with van der Waals surface area (Å²) in [6.45, 7) is 1.74. The van der Waals surface area contributed by atoms with E-state index in [0.717, 1.165) is 4.88 Å². The number of halogens is 1. The van der Waals surface area contributed by atoms with Crippen molar-refractivity contribution < 1.29 is 9.59 Å². The minimum absolute atomic E-state index is 0.207. The molecule has 0 fully saturated rings. The van der Waals surface area contributed by atoms with Crippen LogP contribution in [0.1, 0.15) is 23.3 Å². The van der Waals surface area contributed by atoms with Gasteiger partial charge >= 0.3 is 0 Å². The third-order valence-corrected chi connectivity index (χ3v) is 5.55. The molecule has 2 N–H and O–H groups in total. The Hall–Kier alpha value is -2.49. The van der Waals surface area contributed by atoms with E-state index in [2.05, 4.69) is 15.5 Å². The first-order chi connectivity index (χ1) is 13.3. The topological polar surface area (TPSA) is 83.0 Å². The van der Waals surface area contributed by atoms with Crippen LogP contribution in [0.5, 0.6) is 0 Å². The summed E-state index contributed by atoms with van der Waals surface area (Å²) in [5, 5.41) is 12.0. The normalized spacial score (nSPS) is 11.9. The molecule has 0 aliphatic rings. The number of H-pyrrole nitrogens is 1. The number of nitrogens with zero attached hydrogens (tertiary/aromatic N) is 3. The van der Waals surface area contributed by atoms with E-state index in [0.29, 0.717) is 21.8 Å². The van der Waals surface area contributed by atoms with Crippen LogP contribution >= 0.6 is 35.2 Å².